The third kappa shape index (κ3) is 2.96. The average molecular weight is 68.1 g/mol. The number of nitrogens with one attached hydrogen (secondary N) is 1. The highest BCUT2D eigenvalue weighted by Crippen LogP contribution is 1.44. The van der Waals surface area contributed by atoms with Crippen molar-refractivity contribution in [2.24, 2.45) is 4.99 Å². The molecule has 0 aliphatic rings. The van der Waals surface area contributed by atoms with Gasteiger partial charge < -0.3 is 0 Å². The zero-order chi connectivity index (χ0) is 4.12. The van der Waals surface area contributed by atoms with Crippen LogP contribution in [0, 0.1) is 11.5 Å². The molecule has 3 heteroatoms. The van der Waals surface area contributed by atoms with Gasteiger partial charge >= 0.3 is 0 Å². The third-order valence-corrected chi connectivity index (χ3v) is 0.122. The van der Waals surface area contributed by atoms with Crippen molar-refractivity contribution in [3.05, 3.63) is 0 Å². The molecule has 0 rings (SSSR count). The molecule has 3 nitrogen and oxygen atoms in total. The van der Waals surface area contributed by atoms with E-state index >= 15 is 0 Å². The Balaban J connectivity index is 3.04. The van der Waals surface area contributed by atoms with Crippen LogP contribution in [-0.4, -0.2) is 6.34 Å². The summed E-state index contributed by atoms with van der Waals surface area (Å²) in [6.45, 7) is 0. The van der Waals surface area contributed by atoms with E-state index in [1.807, 2.05) is 0 Å². The Bertz CT molecular complexity index is 67.5. The fraction of sp³-hybridized carbons (Fsp3) is 0. The number of hydrogen-bond donors (Lipinski definition) is 0. The van der Waals surface area contributed by atoms with Crippen molar-refractivity contribution in [2.45, 2.75) is 0 Å². The highest BCUT2D eigenvalue weighted by atomic mass is 14.8. The quantitative estimate of drug-likeness (QED) is 0.220. The van der Waals surface area contributed by atoms with Crippen molar-refractivity contribution < 1.29 is 0 Å². The van der Waals surface area contributed by atoms with Crippen LogP contribution in [0.5, 0.6) is 0 Å². The molecular weight excluding hydrogens is 66.0 g/mol. The summed E-state index contributed by atoms with van der Waals surface area (Å²) in [6.07, 6.45) is 2.09. The summed E-state index contributed by atoms with van der Waals surface area (Å²) in [5.74, 6) is 0. The van der Waals surface area contributed by atoms with Crippen molar-refractivity contribution in [1.29, 1.82) is 5.26 Å². The lowest BCUT2D eigenvalue weighted by Gasteiger charge is -1.49. The maximum atomic E-state index is 7.50. The molecule has 0 amide bonds. The Kier molecular flexibility index (Phi) is 2.34. The van der Waals surface area contributed by atoms with Crippen LogP contribution in [0.4, 0.5) is 0 Å². The molecule has 0 aromatic rings. The van der Waals surface area contributed by atoms with Gasteiger partial charge in [0.15, 0.2) is 0 Å². The molecule has 0 heterocycles. The molecular formula is C2H2N3. The van der Waals surface area contributed by atoms with E-state index in [0.717, 1.165) is 0 Å². The number of nitriles is 1. The summed E-state index contributed by atoms with van der Waals surface area (Å²) < 4.78 is 0. The van der Waals surface area contributed by atoms with Crippen molar-refractivity contribution in [3.8, 4) is 6.19 Å². The van der Waals surface area contributed by atoms with E-state index in [2.05, 4.69) is 4.99 Å². The fourth-order valence-electron chi connectivity index (χ4n) is 0.0289. The average Bonchev–Trinajstić information content (AvgIpc) is 1.41. The maximum Gasteiger partial charge on any atom is 0.207 e. The lowest BCUT2D eigenvalue weighted by Crippen LogP contribution is -1.62. The summed E-state index contributed by atoms with van der Waals surface area (Å²) >= 11 is 0. The molecule has 0 aliphatic heterocycles. The lowest BCUT2D eigenvalue weighted by atomic mass is 11.2. The zero-order valence-electron chi connectivity index (χ0n) is 2.47. The van der Waals surface area contributed by atoms with Crippen LogP contribution in [0.1, 0.15) is 0 Å². The molecule has 0 saturated heterocycles. The first-order valence-corrected chi connectivity index (χ1v) is 0.994. The Morgan fingerprint density at radius 1 is 2.00 bits per heavy atom. The molecule has 0 saturated carbocycles. The van der Waals surface area contributed by atoms with E-state index in [0.29, 0.717) is 6.34 Å². The second kappa shape index (κ2) is 2.96. The van der Waals surface area contributed by atoms with Crippen LogP contribution in [0.3, 0.4) is 0 Å². The van der Waals surface area contributed by atoms with Crippen LogP contribution < -0.4 is 5.73 Å². The molecule has 1 radical (unpaired) electrons. The molecule has 25 valence electrons. The first-order valence-electron chi connectivity index (χ1n) is 0.994. The summed E-state index contributed by atoms with van der Waals surface area (Å²) in [6, 6.07) is 0. The smallest absolute Gasteiger partial charge is 0.207 e. The van der Waals surface area contributed by atoms with E-state index in [-0.39, 0.29) is 0 Å². The highest BCUT2D eigenvalue weighted by molar-refractivity contribution is 5.51. The SMILES string of the molecule is N#CN=C[NH]. The van der Waals surface area contributed by atoms with E-state index in [1.165, 1.54) is 6.19 Å². The first-order chi connectivity index (χ1) is 2.41. The minimum Gasteiger partial charge on any atom is -0.289 e. The molecule has 0 aromatic heterocycles. The van der Waals surface area contributed by atoms with E-state index in [9.17, 15) is 0 Å². The van der Waals surface area contributed by atoms with Gasteiger partial charge in [-0.1, -0.05) is 0 Å². The van der Waals surface area contributed by atoms with Crippen LogP contribution in [-0.2, 0) is 0 Å². The number of aliphatic imine (C=N–C) groups is 1. The molecule has 0 atom stereocenters. The van der Waals surface area contributed by atoms with Crippen LogP contribution in [0.25, 0.3) is 0 Å². The van der Waals surface area contributed by atoms with E-state index in [1.54, 1.807) is 0 Å². The molecule has 0 aliphatic carbocycles. The van der Waals surface area contributed by atoms with Gasteiger partial charge in [0.2, 0.25) is 6.19 Å². The lowest BCUT2D eigenvalue weighted by molar-refractivity contribution is 1.43. The van der Waals surface area contributed by atoms with Crippen LogP contribution in [0.2, 0.25) is 0 Å². The summed E-state index contributed by atoms with van der Waals surface area (Å²) in [5.41, 5.74) is 6.09. The van der Waals surface area contributed by atoms with Crippen LogP contribution >= 0.6 is 0 Å². The van der Waals surface area contributed by atoms with E-state index in [4.69, 9.17) is 11.0 Å². The third-order valence-electron chi connectivity index (χ3n) is 0.122. The molecule has 5 heavy (non-hydrogen) atoms. The predicted molar refractivity (Wildman–Crippen MR) is 17.2 cm³/mol. The van der Waals surface area contributed by atoms with Crippen molar-refractivity contribution in [2.75, 3.05) is 0 Å². The molecule has 0 unspecified atom stereocenters. The second-order valence-electron chi connectivity index (χ2n) is 0.358. The van der Waals surface area contributed by atoms with Crippen molar-refractivity contribution in [3.63, 3.8) is 0 Å². The monoisotopic (exact) mass is 68.0 g/mol. The Morgan fingerprint density at radius 2 is 2.60 bits per heavy atom. The predicted octanol–water partition coefficient (Wildman–Crippen LogP) is -0.221. The normalized spacial score (nSPS) is 7.80. The molecule has 0 spiro atoms. The maximum absolute atomic E-state index is 7.50. The van der Waals surface area contributed by atoms with Gasteiger partial charge in [-0.05, 0) is 0 Å². The van der Waals surface area contributed by atoms with Gasteiger partial charge in [0.25, 0.3) is 0 Å². The van der Waals surface area contributed by atoms with Gasteiger partial charge in [0.05, 0.1) is 0 Å². The minimum atomic E-state index is 0.694. The summed E-state index contributed by atoms with van der Waals surface area (Å²) in [5, 5.41) is 7.50. The van der Waals surface area contributed by atoms with Gasteiger partial charge in [-0.25, -0.2) is 0 Å². The number of hydrogen-bond acceptors (Lipinski definition) is 2. The van der Waals surface area contributed by atoms with Gasteiger partial charge in [0.1, 0.15) is 6.34 Å². The Hall–Kier alpha value is -1.04. The first kappa shape index (κ1) is 3.96. The molecule has 0 bridgehead atoms. The van der Waals surface area contributed by atoms with Crippen LogP contribution in [0.15, 0.2) is 4.99 Å². The topological polar surface area (TPSA) is 60.0 Å². The van der Waals surface area contributed by atoms with Crippen molar-refractivity contribution >= 4 is 6.34 Å². The minimum absolute atomic E-state index is 0.694. The number of nitrogens with zero attached hydrogens (tertiary/aromatic N) is 2. The van der Waals surface area contributed by atoms with Gasteiger partial charge in [-0.3, -0.25) is 5.73 Å². The second-order valence-corrected chi connectivity index (χ2v) is 0.358. The Morgan fingerprint density at radius 3 is 2.60 bits per heavy atom. The van der Waals surface area contributed by atoms with Gasteiger partial charge in [-0.2, -0.15) is 10.3 Å². The molecule has 0 aromatic carbocycles. The number of rotatable bonds is 0. The highest BCUT2D eigenvalue weighted by Gasteiger charge is 1.46. The molecule has 1 N–H and O–H groups in total. The molecule has 0 fully saturated rings. The van der Waals surface area contributed by atoms with Gasteiger partial charge in [-0.15, -0.1) is 0 Å². The van der Waals surface area contributed by atoms with E-state index < -0.39 is 0 Å². The zero-order valence-corrected chi connectivity index (χ0v) is 2.47. The fourth-order valence-corrected chi connectivity index (χ4v) is 0.0289. The standard InChI is InChI=1S/C2H2N3/c3-1-5-2-4/h1,3H. The van der Waals surface area contributed by atoms with Gasteiger partial charge in [0, 0.05) is 0 Å². The largest absolute Gasteiger partial charge is 0.289 e. The Labute approximate surface area is 29.7 Å². The summed E-state index contributed by atoms with van der Waals surface area (Å²) in [4.78, 5) is 2.82. The van der Waals surface area contributed by atoms with Crippen molar-refractivity contribution in [1.82, 2.24) is 5.73 Å². The summed E-state index contributed by atoms with van der Waals surface area (Å²) in [7, 11) is 0.